The Morgan fingerprint density at radius 2 is 1.76 bits per heavy atom. The topological polar surface area (TPSA) is 63.4 Å². The molecule has 0 radical (unpaired) electrons. The number of benzene rings is 2. The SMILES string of the molecule is O=C1/C(=C/c2ccccc2)N=C(n2cncn2)N1c1ccc(Cl)cc1. The summed E-state index contributed by atoms with van der Waals surface area (Å²) in [6, 6.07) is 16.5. The molecule has 2 aromatic carbocycles. The van der Waals surface area contributed by atoms with E-state index in [1.165, 1.54) is 22.2 Å². The van der Waals surface area contributed by atoms with Gasteiger partial charge in [-0.15, -0.1) is 0 Å². The van der Waals surface area contributed by atoms with Gasteiger partial charge in [0.05, 0.1) is 5.69 Å². The van der Waals surface area contributed by atoms with Gasteiger partial charge in [-0.2, -0.15) is 9.78 Å². The first-order valence-electron chi connectivity index (χ1n) is 7.53. The largest absolute Gasteiger partial charge is 0.283 e. The molecule has 122 valence electrons. The Morgan fingerprint density at radius 3 is 2.44 bits per heavy atom. The molecule has 3 aromatic rings. The van der Waals surface area contributed by atoms with Gasteiger partial charge < -0.3 is 0 Å². The first kappa shape index (κ1) is 15.3. The molecule has 4 rings (SSSR count). The van der Waals surface area contributed by atoms with Gasteiger partial charge in [0.2, 0.25) is 5.96 Å². The van der Waals surface area contributed by atoms with Gasteiger partial charge in [-0.1, -0.05) is 41.9 Å². The van der Waals surface area contributed by atoms with Gasteiger partial charge in [0, 0.05) is 5.02 Å². The molecule has 0 bridgehead atoms. The van der Waals surface area contributed by atoms with Gasteiger partial charge in [-0.25, -0.2) is 14.9 Å². The highest BCUT2D eigenvalue weighted by Crippen LogP contribution is 2.26. The zero-order valence-electron chi connectivity index (χ0n) is 13.0. The molecule has 0 aliphatic carbocycles. The number of anilines is 1. The summed E-state index contributed by atoms with van der Waals surface area (Å²) in [5.74, 6) is 0.128. The third-order valence-corrected chi connectivity index (χ3v) is 3.91. The molecular formula is C18H12ClN5O. The third-order valence-electron chi connectivity index (χ3n) is 3.65. The number of hydrogen-bond donors (Lipinski definition) is 0. The van der Waals surface area contributed by atoms with Crippen LogP contribution in [0.5, 0.6) is 0 Å². The molecule has 1 amide bonds. The number of carbonyl (C=O) groups excluding carboxylic acids is 1. The van der Waals surface area contributed by atoms with E-state index < -0.39 is 0 Å². The first-order chi connectivity index (χ1) is 12.2. The first-order valence-corrected chi connectivity index (χ1v) is 7.90. The number of nitrogens with zero attached hydrogens (tertiary/aromatic N) is 5. The Bertz CT molecular complexity index is 962. The predicted octanol–water partition coefficient (Wildman–Crippen LogP) is 3.22. The molecule has 0 N–H and O–H groups in total. The number of hydrogen-bond acceptors (Lipinski definition) is 4. The van der Waals surface area contributed by atoms with E-state index in [-0.39, 0.29) is 5.91 Å². The van der Waals surface area contributed by atoms with Crippen LogP contribution >= 0.6 is 11.6 Å². The van der Waals surface area contributed by atoms with Crippen LogP contribution in [0, 0.1) is 0 Å². The van der Waals surface area contributed by atoms with E-state index in [9.17, 15) is 4.79 Å². The van der Waals surface area contributed by atoms with E-state index in [0.717, 1.165) is 5.56 Å². The molecule has 7 heteroatoms. The Hall–Kier alpha value is -3.25. The molecule has 0 saturated carbocycles. The van der Waals surface area contributed by atoms with Crippen molar-refractivity contribution in [3.63, 3.8) is 0 Å². The molecule has 6 nitrogen and oxygen atoms in total. The zero-order valence-corrected chi connectivity index (χ0v) is 13.7. The lowest BCUT2D eigenvalue weighted by molar-refractivity contribution is -0.113. The normalized spacial score (nSPS) is 15.7. The number of carbonyl (C=O) groups is 1. The Labute approximate surface area is 148 Å². The summed E-state index contributed by atoms with van der Waals surface area (Å²) in [6.45, 7) is 0. The van der Waals surface area contributed by atoms with Crippen molar-refractivity contribution in [2.45, 2.75) is 0 Å². The van der Waals surface area contributed by atoms with Crippen molar-refractivity contribution in [3.05, 3.63) is 83.5 Å². The van der Waals surface area contributed by atoms with Crippen LogP contribution in [0.3, 0.4) is 0 Å². The summed E-state index contributed by atoms with van der Waals surface area (Å²) >= 11 is 5.95. The van der Waals surface area contributed by atoms with Crippen molar-refractivity contribution in [1.82, 2.24) is 14.8 Å². The lowest BCUT2D eigenvalue weighted by atomic mass is 10.2. The van der Waals surface area contributed by atoms with E-state index >= 15 is 0 Å². The minimum atomic E-state index is -0.239. The second kappa shape index (κ2) is 6.33. The fourth-order valence-corrected chi connectivity index (χ4v) is 2.63. The van der Waals surface area contributed by atoms with Crippen LogP contribution in [0.25, 0.3) is 6.08 Å². The summed E-state index contributed by atoms with van der Waals surface area (Å²) in [6.07, 6.45) is 4.64. The van der Waals surface area contributed by atoms with Gasteiger partial charge in [0.25, 0.3) is 5.91 Å². The standard InChI is InChI=1S/C18H12ClN5O/c19-14-6-8-15(9-7-14)24-17(25)16(10-13-4-2-1-3-5-13)22-18(24)23-12-20-11-21-23/h1-12H/b16-10-. The zero-order chi connectivity index (χ0) is 17.2. The second-order valence-corrected chi connectivity index (χ2v) is 5.75. The molecule has 25 heavy (non-hydrogen) atoms. The molecule has 1 aromatic heterocycles. The molecule has 2 heterocycles. The molecule has 0 saturated heterocycles. The van der Waals surface area contributed by atoms with Gasteiger partial charge >= 0.3 is 0 Å². The number of aliphatic imine (C=N–C) groups is 1. The highest BCUT2D eigenvalue weighted by atomic mass is 35.5. The van der Waals surface area contributed by atoms with Gasteiger partial charge in [0.15, 0.2) is 0 Å². The Morgan fingerprint density at radius 1 is 1.00 bits per heavy atom. The molecule has 1 aliphatic rings. The molecular weight excluding hydrogens is 338 g/mol. The fourth-order valence-electron chi connectivity index (χ4n) is 2.50. The van der Waals surface area contributed by atoms with Crippen LogP contribution in [0.1, 0.15) is 5.56 Å². The van der Waals surface area contributed by atoms with E-state index in [1.807, 2.05) is 30.3 Å². The lowest BCUT2D eigenvalue weighted by Gasteiger charge is -2.17. The summed E-state index contributed by atoms with van der Waals surface area (Å²) < 4.78 is 1.46. The second-order valence-electron chi connectivity index (χ2n) is 5.31. The maximum Gasteiger partial charge on any atom is 0.283 e. The quantitative estimate of drug-likeness (QED) is 0.667. The third kappa shape index (κ3) is 2.95. The minimum absolute atomic E-state index is 0.239. The monoisotopic (exact) mass is 349 g/mol. The summed E-state index contributed by atoms with van der Waals surface area (Å²) in [7, 11) is 0. The number of aromatic nitrogens is 3. The van der Waals surface area contributed by atoms with E-state index in [4.69, 9.17) is 11.6 Å². The van der Waals surface area contributed by atoms with Crippen LogP contribution in [0.2, 0.25) is 5.02 Å². The molecule has 0 atom stereocenters. The lowest BCUT2D eigenvalue weighted by Crippen LogP contribution is -2.36. The minimum Gasteiger partial charge on any atom is -0.266 e. The fraction of sp³-hybridized carbons (Fsp3) is 0. The molecule has 0 fully saturated rings. The van der Waals surface area contributed by atoms with Crippen molar-refractivity contribution in [3.8, 4) is 0 Å². The van der Waals surface area contributed by atoms with Crippen LogP contribution in [-0.4, -0.2) is 26.6 Å². The molecule has 1 aliphatic heterocycles. The van der Waals surface area contributed by atoms with Crippen molar-refractivity contribution in [1.29, 1.82) is 0 Å². The van der Waals surface area contributed by atoms with Crippen LogP contribution in [0.4, 0.5) is 5.69 Å². The van der Waals surface area contributed by atoms with Crippen molar-refractivity contribution >= 4 is 35.2 Å². The average Bonchev–Trinajstić information content (AvgIpc) is 3.26. The van der Waals surface area contributed by atoms with Crippen molar-refractivity contribution in [2.24, 2.45) is 4.99 Å². The number of halogens is 1. The highest BCUT2D eigenvalue weighted by Gasteiger charge is 2.33. The Kier molecular flexibility index (Phi) is 3.87. The van der Waals surface area contributed by atoms with Crippen molar-refractivity contribution in [2.75, 3.05) is 4.90 Å². The average molecular weight is 350 g/mol. The van der Waals surface area contributed by atoms with Gasteiger partial charge in [-0.05, 0) is 35.9 Å². The predicted molar refractivity (Wildman–Crippen MR) is 96.2 cm³/mol. The van der Waals surface area contributed by atoms with E-state index in [1.54, 1.807) is 30.3 Å². The molecule has 0 unspecified atom stereocenters. The van der Waals surface area contributed by atoms with E-state index in [2.05, 4.69) is 15.1 Å². The Balaban J connectivity index is 1.81. The van der Waals surface area contributed by atoms with Gasteiger partial charge in [-0.3, -0.25) is 4.79 Å². The smallest absolute Gasteiger partial charge is 0.266 e. The molecule has 0 spiro atoms. The maximum absolute atomic E-state index is 12.9. The number of amides is 1. The number of rotatable bonds is 2. The van der Waals surface area contributed by atoms with Crippen LogP contribution in [-0.2, 0) is 4.79 Å². The van der Waals surface area contributed by atoms with E-state index in [0.29, 0.717) is 22.4 Å². The summed E-state index contributed by atoms with van der Waals surface area (Å²) in [5, 5.41) is 4.69. The van der Waals surface area contributed by atoms with Gasteiger partial charge in [0.1, 0.15) is 18.4 Å². The summed E-state index contributed by atoms with van der Waals surface area (Å²) in [5.41, 5.74) is 1.87. The maximum atomic E-state index is 12.9. The highest BCUT2D eigenvalue weighted by molar-refractivity contribution is 6.31. The summed E-state index contributed by atoms with van der Waals surface area (Å²) in [4.78, 5) is 22.8. The van der Waals surface area contributed by atoms with Crippen LogP contribution in [0.15, 0.2) is 77.9 Å². The van der Waals surface area contributed by atoms with Crippen LogP contribution < -0.4 is 4.90 Å². The van der Waals surface area contributed by atoms with Crippen molar-refractivity contribution < 1.29 is 4.79 Å².